The molecule has 1 atom stereocenters. The molecule has 2 aromatic rings. The molecule has 1 saturated heterocycles. The second kappa shape index (κ2) is 14.7. The lowest BCUT2D eigenvalue weighted by atomic mass is 9.96. The molecule has 0 unspecified atom stereocenters. The Bertz CT molecular complexity index is 1280. The van der Waals surface area contributed by atoms with Crippen molar-refractivity contribution in [3.8, 4) is 11.5 Å². The van der Waals surface area contributed by atoms with Crippen molar-refractivity contribution in [1.82, 2.24) is 10.2 Å². The highest BCUT2D eigenvalue weighted by Crippen LogP contribution is 2.36. The average molecular weight is 636 g/mol. The number of hydrogen-bond donors (Lipinski definition) is 3. The number of nitrogens with zero attached hydrogens (tertiary/aromatic N) is 1. The van der Waals surface area contributed by atoms with Gasteiger partial charge in [-0.3, -0.25) is 14.9 Å². The highest BCUT2D eigenvalue weighted by molar-refractivity contribution is 9.10. The molecular formula is C29H32BrClN2O7. The number of carbonyl (C=O) groups is 2. The Morgan fingerprint density at radius 2 is 1.95 bits per heavy atom. The van der Waals surface area contributed by atoms with Gasteiger partial charge >= 0.3 is 5.97 Å². The molecule has 11 heteroatoms. The Morgan fingerprint density at radius 3 is 2.65 bits per heavy atom. The van der Waals surface area contributed by atoms with Gasteiger partial charge in [0.1, 0.15) is 24.1 Å². The van der Waals surface area contributed by atoms with Crippen molar-refractivity contribution in [2.75, 3.05) is 39.5 Å². The molecule has 0 spiro atoms. The number of morpholine rings is 1. The summed E-state index contributed by atoms with van der Waals surface area (Å²) in [6.07, 6.45) is 8.29. The van der Waals surface area contributed by atoms with E-state index in [9.17, 15) is 19.8 Å². The number of allylic oxidation sites excluding steroid dienone is 4. The van der Waals surface area contributed by atoms with E-state index in [0.717, 1.165) is 28.4 Å². The van der Waals surface area contributed by atoms with Crippen LogP contribution in [-0.2, 0) is 27.5 Å². The van der Waals surface area contributed by atoms with E-state index in [1.165, 1.54) is 5.57 Å². The van der Waals surface area contributed by atoms with Crippen LogP contribution in [-0.4, -0.2) is 72.5 Å². The van der Waals surface area contributed by atoms with Crippen molar-refractivity contribution >= 4 is 45.0 Å². The summed E-state index contributed by atoms with van der Waals surface area (Å²) in [5, 5.41) is 21.7. The van der Waals surface area contributed by atoms with Crippen LogP contribution in [0.15, 0.2) is 53.0 Å². The zero-order valence-electron chi connectivity index (χ0n) is 21.9. The fourth-order valence-electron chi connectivity index (χ4n) is 4.39. The molecule has 0 radical (unpaired) electrons. The van der Waals surface area contributed by atoms with E-state index in [1.807, 2.05) is 12.1 Å². The standard InChI is InChI=1S/C29H32BrClN2O7/c30-28-20(7-4-8-22(28)19-5-2-1-3-6-19)17-39-26-14-25(40-18-27(35)33-9-11-38-12-10-33)21(13-23(26)31)15-32-24(16-34)29(36)37/h1-2,4-5,7-8,13-14,24,32,34H,3,6,9-12,15-18H2,(H,36,37)/t24-/m0/s1. The molecule has 1 aliphatic heterocycles. The molecule has 0 aromatic heterocycles. The van der Waals surface area contributed by atoms with Gasteiger partial charge in [-0.2, -0.15) is 0 Å². The van der Waals surface area contributed by atoms with Crippen molar-refractivity contribution in [3.05, 3.63) is 74.7 Å². The number of benzene rings is 2. The molecule has 0 bridgehead atoms. The number of aliphatic hydroxyl groups is 1. The van der Waals surface area contributed by atoms with Crippen molar-refractivity contribution in [2.24, 2.45) is 0 Å². The molecule has 214 valence electrons. The molecule has 3 N–H and O–H groups in total. The third kappa shape index (κ3) is 7.86. The van der Waals surface area contributed by atoms with Gasteiger partial charge in [-0.1, -0.05) is 48.0 Å². The minimum atomic E-state index is -1.19. The number of amides is 1. The first kappa shape index (κ1) is 30.1. The van der Waals surface area contributed by atoms with Crippen LogP contribution in [0.25, 0.3) is 5.57 Å². The van der Waals surface area contributed by atoms with E-state index in [4.69, 9.17) is 25.8 Å². The molecular weight excluding hydrogens is 604 g/mol. The van der Waals surface area contributed by atoms with Gasteiger partial charge in [0.2, 0.25) is 0 Å². The van der Waals surface area contributed by atoms with Gasteiger partial charge in [-0.05, 0) is 46.0 Å². The largest absolute Gasteiger partial charge is 0.487 e. The van der Waals surface area contributed by atoms with E-state index in [2.05, 4.69) is 45.5 Å². The van der Waals surface area contributed by atoms with Gasteiger partial charge < -0.3 is 29.3 Å². The first-order valence-electron chi connectivity index (χ1n) is 13.0. The van der Waals surface area contributed by atoms with E-state index in [0.29, 0.717) is 48.4 Å². The molecule has 2 aromatic carbocycles. The first-order chi connectivity index (χ1) is 19.4. The maximum Gasteiger partial charge on any atom is 0.323 e. The molecule has 1 amide bonds. The number of rotatable bonds is 12. The van der Waals surface area contributed by atoms with Crippen LogP contribution in [0.5, 0.6) is 11.5 Å². The normalized spacial score (nSPS) is 15.9. The highest BCUT2D eigenvalue weighted by atomic mass is 79.9. The number of nitrogens with one attached hydrogen (secondary N) is 1. The van der Waals surface area contributed by atoms with E-state index in [1.54, 1.807) is 17.0 Å². The molecule has 4 rings (SSSR count). The number of aliphatic hydroxyl groups excluding tert-OH is 1. The SMILES string of the molecule is O=C(O)[C@H](CO)NCc1cc(Cl)c(OCc2cccc(C3=CC=CCC3)c2Br)cc1OCC(=O)N1CCOCC1. The van der Waals surface area contributed by atoms with E-state index < -0.39 is 18.6 Å². The molecule has 1 heterocycles. The van der Waals surface area contributed by atoms with Gasteiger partial charge in [-0.25, -0.2) is 0 Å². The number of hydrogen-bond acceptors (Lipinski definition) is 7. The Morgan fingerprint density at radius 1 is 1.15 bits per heavy atom. The molecule has 40 heavy (non-hydrogen) atoms. The lowest BCUT2D eigenvalue weighted by Crippen LogP contribution is -2.43. The minimum Gasteiger partial charge on any atom is -0.487 e. The van der Waals surface area contributed by atoms with Crippen molar-refractivity contribution in [3.63, 3.8) is 0 Å². The summed E-state index contributed by atoms with van der Waals surface area (Å²) in [4.78, 5) is 25.7. The number of ether oxygens (including phenoxy) is 3. The summed E-state index contributed by atoms with van der Waals surface area (Å²) >= 11 is 10.3. The van der Waals surface area contributed by atoms with Crippen LogP contribution >= 0.6 is 27.5 Å². The summed E-state index contributed by atoms with van der Waals surface area (Å²) < 4.78 is 18.3. The van der Waals surface area contributed by atoms with Crippen LogP contribution in [0.4, 0.5) is 0 Å². The van der Waals surface area contributed by atoms with Gasteiger partial charge in [0.15, 0.2) is 6.61 Å². The lowest BCUT2D eigenvalue weighted by molar-refractivity contribution is -0.140. The monoisotopic (exact) mass is 634 g/mol. The summed E-state index contributed by atoms with van der Waals surface area (Å²) in [7, 11) is 0. The number of carboxylic acid groups (broad SMARTS) is 1. The quantitative estimate of drug-likeness (QED) is 0.318. The molecule has 9 nitrogen and oxygen atoms in total. The summed E-state index contributed by atoms with van der Waals surface area (Å²) in [5.74, 6) is -0.701. The highest BCUT2D eigenvalue weighted by Gasteiger charge is 2.21. The van der Waals surface area contributed by atoms with Crippen LogP contribution in [0.3, 0.4) is 0 Å². The zero-order chi connectivity index (χ0) is 28.5. The second-order valence-corrected chi connectivity index (χ2v) is 10.6. The summed E-state index contributed by atoms with van der Waals surface area (Å²) in [5.41, 5.74) is 3.81. The fourth-order valence-corrected chi connectivity index (χ4v) is 5.26. The second-order valence-electron chi connectivity index (χ2n) is 9.35. The Kier molecular flexibility index (Phi) is 11.0. The number of halogens is 2. The third-order valence-electron chi connectivity index (χ3n) is 6.67. The fraction of sp³-hybridized carbons (Fsp3) is 0.379. The predicted molar refractivity (Wildman–Crippen MR) is 155 cm³/mol. The molecule has 0 saturated carbocycles. The van der Waals surface area contributed by atoms with E-state index in [-0.39, 0.29) is 25.7 Å². The summed E-state index contributed by atoms with van der Waals surface area (Å²) in [6, 6.07) is 8.07. The van der Waals surface area contributed by atoms with Crippen LogP contribution in [0.1, 0.15) is 29.5 Å². The average Bonchev–Trinajstić information content (AvgIpc) is 2.97. The van der Waals surface area contributed by atoms with E-state index >= 15 is 0 Å². The number of aliphatic carboxylic acids is 1. The third-order valence-corrected chi connectivity index (χ3v) is 7.90. The topological polar surface area (TPSA) is 118 Å². The lowest BCUT2D eigenvalue weighted by Gasteiger charge is -2.27. The van der Waals surface area contributed by atoms with Crippen LogP contribution < -0.4 is 14.8 Å². The van der Waals surface area contributed by atoms with Gasteiger partial charge in [0, 0.05) is 41.3 Å². The number of carbonyl (C=O) groups excluding carboxylic acids is 1. The van der Waals surface area contributed by atoms with Crippen LogP contribution in [0.2, 0.25) is 5.02 Å². The van der Waals surface area contributed by atoms with Crippen LogP contribution in [0, 0.1) is 0 Å². The first-order valence-corrected chi connectivity index (χ1v) is 14.2. The minimum absolute atomic E-state index is 0.0375. The van der Waals surface area contributed by atoms with Crippen molar-refractivity contribution in [2.45, 2.75) is 32.0 Å². The van der Waals surface area contributed by atoms with Crippen molar-refractivity contribution < 1.29 is 34.0 Å². The summed E-state index contributed by atoms with van der Waals surface area (Å²) in [6.45, 7) is 1.39. The maximum absolute atomic E-state index is 12.7. The van der Waals surface area contributed by atoms with Gasteiger partial charge in [0.25, 0.3) is 5.91 Å². The molecule has 1 fully saturated rings. The Labute approximate surface area is 246 Å². The molecule has 2 aliphatic rings. The molecule has 1 aliphatic carbocycles. The predicted octanol–water partition coefficient (Wildman–Crippen LogP) is 4.19. The zero-order valence-corrected chi connectivity index (χ0v) is 24.2. The number of carboxylic acids is 1. The van der Waals surface area contributed by atoms with Gasteiger partial charge in [-0.15, -0.1) is 0 Å². The van der Waals surface area contributed by atoms with Gasteiger partial charge in [0.05, 0.1) is 24.8 Å². The smallest absolute Gasteiger partial charge is 0.323 e. The Hall–Kier alpha value is -2.89. The van der Waals surface area contributed by atoms with Crippen molar-refractivity contribution in [1.29, 1.82) is 0 Å². The Balaban J connectivity index is 1.52. The maximum atomic E-state index is 12.7.